The summed E-state index contributed by atoms with van der Waals surface area (Å²) in [5, 5.41) is 5.51. The van der Waals surface area contributed by atoms with Crippen molar-refractivity contribution in [2.75, 3.05) is 0 Å². The van der Waals surface area contributed by atoms with Crippen molar-refractivity contribution < 1.29 is 0 Å². The molecule has 26 heavy (non-hydrogen) atoms. The van der Waals surface area contributed by atoms with Gasteiger partial charge in [-0.3, -0.25) is 0 Å². The summed E-state index contributed by atoms with van der Waals surface area (Å²) < 4.78 is 2.05. The van der Waals surface area contributed by atoms with Crippen LogP contribution in [0.2, 0.25) is 5.02 Å². The Morgan fingerprint density at radius 2 is 1.62 bits per heavy atom. The number of hydrogen-bond acceptors (Lipinski definition) is 2. The first kappa shape index (κ1) is 18.7. The Morgan fingerprint density at radius 1 is 0.885 bits per heavy atom. The lowest BCUT2D eigenvalue weighted by molar-refractivity contribution is 0.586. The lowest BCUT2D eigenvalue weighted by atomic mass is 10.1. The summed E-state index contributed by atoms with van der Waals surface area (Å²) in [5.41, 5.74) is 2.25. The van der Waals surface area contributed by atoms with Gasteiger partial charge >= 0.3 is 0 Å². The molecular weight excluding hydrogens is 342 g/mol. The second kappa shape index (κ2) is 9.54. The topological polar surface area (TPSA) is 30.7 Å². The summed E-state index contributed by atoms with van der Waals surface area (Å²) in [6.07, 6.45) is 7.26. The standard InChI is InChI=1S/C22H26ClN3/c1-2-3-4-5-9-12-21-24-22(19-13-15-20(23)16-14-19)25-26(21)17-18-10-7-6-8-11-18/h6-8,10-11,13-16H,2-5,9,12,17H2,1H3. The van der Waals surface area contributed by atoms with Crippen molar-refractivity contribution in [1.82, 2.24) is 14.8 Å². The fourth-order valence-corrected chi connectivity index (χ4v) is 3.18. The molecule has 0 fully saturated rings. The number of hydrogen-bond donors (Lipinski definition) is 0. The smallest absolute Gasteiger partial charge is 0.181 e. The molecule has 136 valence electrons. The number of aromatic nitrogens is 3. The molecule has 1 heterocycles. The number of nitrogens with zero attached hydrogens (tertiary/aromatic N) is 3. The van der Waals surface area contributed by atoms with Crippen LogP contribution in [-0.4, -0.2) is 14.8 Å². The monoisotopic (exact) mass is 367 g/mol. The molecule has 0 spiro atoms. The molecule has 0 aliphatic rings. The molecule has 0 bridgehead atoms. The van der Waals surface area contributed by atoms with Crippen LogP contribution in [0.5, 0.6) is 0 Å². The number of aryl methyl sites for hydroxylation is 1. The van der Waals surface area contributed by atoms with Crippen LogP contribution in [0.1, 0.15) is 50.4 Å². The molecule has 4 heteroatoms. The Bertz CT molecular complexity index is 794. The zero-order valence-electron chi connectivity index (χ0n) is 15.4. The fourth-order valence-electron chi connectivity index (χ4n) is 3.05. The van der Waals surface area contributed by atoms with E-state index in [-0.39, 0.29) is 0 Å². The van der Waals surface area contributed by atoms with Crippen LogP contribution < -0.4 is 0 Å². The second-order valence-electron chi connectivity index (χ2n) is 6.67. The van der Waals surface area contributed by atoms with Crippen LogP contribution in [0.25, 0.3) is 11.4 Å². The molecule has 3 nitrogen and oxygen atoms in total. The summed E-state index contributed by atoms with van der Waals surface area (Å²) in [6, 6.07) is 18.2. The maximum Gasteiger partial charge on any atom is 0.181 e. The Kier molecular flexibility index (Phi) is 6.84. The number of unbranched alkanes of at least 4 members (excludes halogenated alkanes) is 4. The van der Waals surface area contributed by atoms with Crippen molar-refractivity contribution in [2.45, 2.75) is 52.0 Å². The molecule has 1 aromatic heterocycles. The largest absolute Gasteiger partial charge is 0.245 e. The van der Waals surface area contributed by atoms with Crippen LogP contribution in [0.3, 0.4) is 0 Å². The average Bonchev–Trinajstić information content (AvgIpc) is 3.06. The summed E-state index contributed by atoms with van der Waals surface area (Å²) >= 11 is 6.01. The molecule has 0 saturated heterocycles. The van der Waals surface area contributed by atoms with Crippen LogP contribution >= 0.6 is 11.6 Å². The first-order chi connectivity index (χ1) is 12.8. The van der Waals surface area contributed by atoms with Gasteiger partial charge in [0, 0.05) is 17.0 Å². The minimum Gasteiger partial charge on any atom is -0.245 e. The zero-order valence-corrected chi connectivity index (χ0v) is 16.1. The fraction of sp³-hybridized carbons (Fsp3) is 0.364. The summed E-state index contributed by atoms with van der Waals surface area (Å²) in [5.74, 6) is 1.84. The molecule has 0 amide bonds. The van der Waals surface area contributed by atoms with Gasteiger partial charge in [0.15, 0.2) is 5.82 Å². The van der Waals surface area contributed by atoms with E-state index in [2.05, 4.69) is 35.9 Å². The maximum atomic E-state index is 6.01. The predicted molar refractivity (Wildman–Crippen MR) is 108 cm³/mol. The first-order valence-corrected chi connectivity index (χ1v) is 9.87. The third-order valence-electron chi connectivity index (χ3n) is 4.53. The van der Waals surface area contributed by atoms with Gasteiger partial charge in [0.25, 0.3) is 0 Å². The molecule has 0 radical (unpaired) electrons. The molecular formula is C22H26ClN3. The van der Waals surface area contributed by atoms with Crippen LogP contribution in [0, 0.1) is 0 Å². The van der Waals surface area contributed by atoms with Crippen LogP contribution in [-0.2, 0) is 13.0 Å². The molecule has 0 unspecified atom stereocenters. The molecule has 3 rings (SSSR count). The summed E-state index contributed by atoms with van der Waals surface area (Å²) in [6.45, 7) is 3.00. The molecule has 0 atom stereocenters. The van der Waals surface area contributed by atoms with E-state index >= 15 is 0 Å². The van der Waals surface area contributed by atoms with Gasteiger partial charge in [-0.05, 0) is 36.2 Å². The van der Waals surface area contributed by atoms with E-state index in [4.69, 9.17) is 21.7 Å². The molecule has 0 saturated carbocycles. The van der Waals surface area contributed by atoms with E-state index in [1.54, 1.807) is 0 Å². The molecule has 3 aromatic rings. The van der Waals surface area contributed by atoms with Crippen molar-refractivity contribution in [1.29, 1.82) is 0 Å². The number of halogens is 1. The lowest BCUT2D eigenvalue weighted by Gasteiger charge is -2.06. The molecule has 2 aromatic carbocycles. The van der Waals surface area contributed by atoms with Gasteiger partial charge < -0.3 is 0 Å². The maximum absolute atomic E-state index is 6.01. The minimum atomic E-state index is 0.730. The van der Waals surface area contributed by atoms with E-state index in [0.717, 1.165) is 41.6 Å². The zero-order chi connectivity index (χ0) is 18.2. The second-order valence-corrected chi connectivity index (χ2v) is 7.10. The molecule has 0 aliphatic carbocycles. The highest BCUT2D eigenvalue weighted by Crippen LogP contribution is 2.20. The normalized spacial score (nSPS) is 11.0. The average molecular weight is 368 g/mol. The van der Waals surface area contributed by atoms with Gasteiger partial charge in [-0.2, -0.15) is 5.10 Å². The lowest BCUT2D eigenvalue weighted by Crippen LogP contribution is -2.07. The summed E-state index contributed by atoms with van der Waals surface area (Å²) in [4.78, 5) is 4.83. The van der Waals surface area contributed by atoms with Gasteiger partial charge in [-0.25, -0.2) is 9.67 Å². The van der Waals surface area contributed by atoms with Gasteiger partial charge in [0.2, 0.25) is 0 Å². The van der Waals surface area contributed by atoms with Crippen molar-refractivity contribution in [3.63, 3.8) is 0 Å². The van der Waals surface area contributed by atoms with Gasteiger partial charge in [0.1, 0.15) is 5.82 Å². The Morgan fingerprint density at radius 3 is 2.35 bits per heavy atom. The number of rotatable bonds is 9. The quantitative estimate of drug-likeness (QED) is 0.424. The van der Waals surface area contributed by atoms with E-state index < -0.39 is 0 Å². The minimum absolute atomic E-state index is 0.730. The van der Waals surface area contributed by atoms with Crippen molar-refractivity contribution >= 4 is 11.6 Å². The molecule has 0 N–H and O–H groups in total. The van der Waals surface area contributed by atoms with Gasteiger partial charge in [0.05, 0.1) is 6.54 Å². The SMILES string of the molecule is CCCCCCCc1nc(-c2ccc(Cl)cc2)nn1Cc1ccccc1. The van der Waals surface area contributed by atoms with Crippen LogP contribution in [0.4, 0.5) is 0 Å². The van der Waals surface area contributed by atoms with E-state index in [1.165, 1.54) is 31.2 Å². The van der Waals surface area contributed by atoms with E-state index in [1.807, 2.05) is 30.3 Å². The Hall–Kier alpha value is -2.13. The van der Waals surface area contributed by atoms with Crippen molar-refractivity contribution in [2.24, 2.45) is 0 Å². The van der Waals surface area contributed by atoms with E-state index in [9.17, 15) is 0 Å². The van der Waals surface area contributed by atoms with Gasteiger partial charge in [-0.15, -0.1) is 0 Å². The highest BCUT2D eigenvalue weighted by Gasteiger charge is 2.12. The van der Waals surface area contributed by atoms with Crippen LogP contribution in [0.15, 0.2) is 54.6 Å². The highest BCUT2D eigenvalue weighted by atomic mass is 35.5. The summed E-state index contributed by atoms with van der Waals surface area (Å²) in [7, 11) is 0. The Balaban J connectivity index is 1.78. The first-order valence-electron chi connectivity index (χ1n) is 9.50. The van der Waals surface area contributed by atoms with Crippen molar-refractivity contribution in [3.8, 4) is 11.4 Å². The predicted octanol–water partition coefficient (Wildman–Crippen LogP) is 6.16. The molecule has 0 aliphatic heterocycles. The highest BCUT2D eigenvalue weighted by molar-refractivity contribution is 6.30. The van der Waals surface area contributed by atoms with Gasteiger partial charge in [-0.1, -0.05) is 74.5 Å². The van der Waals surface area contributed by atoms with Crippen molar-refractivity contribution in [3.05, 3.63) is 71.0 Å². The third-order valence-corrected chi connectivity index (χ3v) is 4.78. The third kappa shape index (κ3) is 5.18. The Labute approximate surface area is 161 Å². The van der Waals surface area contributed by atoms with E-state index in [0.29, 0.717) is 0 Å². The number of benzene rings is 2.